The van der Waals surface area contributed by atoms with Crippen molar-refractivity contribution in [2.75, 3.05) is 6.61 Å². The number of rotatable bonds is 7. The molecule has 5 rings (SSSR count). The molecule has 0 spiro atoms. The monoisotopic (exact) mass is 548 g/mol. The van der Waals surface area contributed by atoms with Crippen molar-refractivity contribution in [1.29, 1.82) is 5.26 Å². The zero-order valence-corrected chi connectivity index (χ0v) is 24.2. The van der Waals surface area contributed by atoms with Crippen molar-refractivity contribution in [3.8, 4) is 28.8 Å². The van der Waals surface area contributed by atoms with Crippen molar-refractivity contribution in [3.63, 3.8) is 0 Å². The number of para-hydroxylation sites is 1. The van der Waals surface area contributed by atoms with E-state index in [1.54, 1.807) is 17.7 Å². The van der Waals surface area contributed by atoms with Crippen LogP contribution in [0.3, 0.4) is 0 Å². The molecular formula is C34H36N4O3. The van der Waals surface area contributed by atoms with E-state index in [9.17, 15) is 14.9 Å². The average molecular weight is 549 g/mol. The van der Waals surface area contributed by atoms with Crippen LogP contribution in [0.25, 0.3) is 23.0 Å². The van der Waals surface area contributed by atoms with Gasteiger partial charge < -0.3 is 4.74 Å². The molecule has 3 aromatic rings. The Labute approximate surface area is 241 Å². The number of ether oxygens (including phenoxy) is 1. The quantitative estimate of drug-likeness (QED) is 0.239. The highest BCUT2D eigenvalue weighted by molar-refractivity contribution is 6.20. The van der Waals surface area contributed by atoms with Gasteiger partial charge in [0.15, 0.2) is 0 Å². The van der Waals surface area contributed by atoms with Gasteiger partial charge in [-0.25, -0.2) is 4.68 Å². The van der Waals surface area contributed by atoms with E-state index in [2.05, 4.69) is 19.9 Å². The molecule has 1 aliphatic carbocycles. The molecule has 41 heavy (non-hydrogen) atoms. The third-order valence-corrected chi connectivity index (χ3v) is 7.80. The second-order valence-electron chi connectivity index (χ2n) is 11.3. The molecule has 0 unspecified atom stereocenters. The lowest BCUT2D eigenvalue weighted by atomic mass is 9.88. The van der Waals surface area contributed by atoms with E-state index in [1.165, 1.54) is 4.90 Å². The Balaban J connectivity index is 1.63. The molecular weight excluding hydrogens is 512 g/mol. The van der Waals surface area contributed by atoms with Crippen molar-refractivity contribution in [2.45, 2.75) is 65.8 Å². The van der Waals surface area contributed by atoms with Crippen LogP contribution in [0.1, 0.15) is 64.0 Å². The van der Waals surface area contributed by atoms with Crippen LogP contribution in [0.2, 0.25) is 0 Å². The van der Waals surface area contributed by atoms with Crippen molar-refractivity contribution in [3.05, 3.63) is 82.6 Å². The molecule has 1 fully saturated rings. The van der Waals surface area contributed by atoms with Crippen molar-refractivity contribution >= 4 is 17.9 Å². The summed E-state index contributed by atoms with van der Waals surface area (Å²) in [5.74, 6) is 0.417. The SMILES string of the molecule is CC1=C(C#N)C(=O)N(C2CCCCC2)C(=O)/C1=C/c1cn(-c2ccccc2)nc1-c1ccc(OCC(C)C)c(C)c1. The minimum Gasteiger partial charge on any atom is -0.493 e. The smallest absolute Gasteiger partial charge is 0.271 e. The maximum absolute atomic E-state index is 13.9. The lowest BCUT2D eigenvalue weighted by Gasteiger charge is -2.36. The first-order valence-electron chi connectivity index (χ1n) is 14.4. The van der Waals surface area contributed by atoms with Gasteiger partial charge in [0.1, 0.15) is 17.4 Å². The van der Waals surface area contributed by atoms with Crippen molar-refractivity contribution in [2.24, 2.45) is 5.92 Å². The van der Waals surface area contributed by atoms with Gasteiger partial charge in [0.25, 0.3) is 11.8 Å². The molecule has 7 nitrogen and oxygen atoms in total. The van der Waals surface area contributed by atoms with Gasteiger partial charge in [0.2, 0.25) is 0 Å². The largest absolute Gasteiger partial charge is 0.493 e. The number of aryl methyl sites for hydroxylation is 1. The van der Waals surface area contributed by atoms with Gasteiger partial charge in [-0.3, -0.25) is 14.5 Å². The summed E-state index contributed by atoms with van der Waals surface area (Å²) in [6.07, 6.45) is 8.25. The lowest BCUT2D eigenvalue weighted by molar-refractivity contribution is -0.143. The fraction of sp³-hybridized carbons (Fsp3) is 0.353. The number of hydrogen-bond donors (Lipinski definition) is 0. The van der Waals surface area contributed by atoms with Gasteiger partial charge in [0, 0.05) is 28.9 Å². The standard InChI is InChI=1S/C34H36N4O3/c1-22(2)21-41-31-16-15-25(17-23(31)3)32-26(20-37(36-32)27-11-7-5-8-12-27)18-29-24(4)30(19-35)34(40)38(33(29)39)28-13-9-6-10-14-28/h5,7-8,11-12,15-18,20,22,28H,6,9-10,13-14,21H2,1-4H3/b29-18+. The van der Waals surface area contributed by atoms with Gasteiger partial charge >= 0.3 is 0 Å². The number of imide groups is 1. The van der Waals surface area contributed by atoms with Crippen LogP contribution < -0.4 is 4.74 Å². The topological polar surface area (TPSA) is 88.2 Å². The zero-order valence-electron chi connectivity index (χ0n) is 24.2. The van der Waals surface area contributed by atoms with Crippen LogP contribution in [0, 0.1) is 24.2 Å². The van der Waals surface area contributed by atoms with E-state index < -0.39 is 5.91 Å². The normalized spacial score (nSPS) is 17.5. The number of carbonyl (C=O) groups is 2. The maximum atomic E-state index is 13.9. The van der Waals surface area contributed by atoms with Crippen LogP contribution in [-0.4, -0.2) is 39.1 Å². The summed E-state index contributed by atoms with van der Waals surface area (Å²) < 4.78 is 7.78. The van der Waals surface area contributed by atoms with E-state index >= 15 is 0 Å². The number of nitriles is 1. The Hall–Kier alpha value is -4.44. The van der Waals surface area contributed by atoms with Gasteiger partial charge in [-0.2, -0.15) is 10.4 Å². The van der Waals surface area contributed by atoms with E-state index in [0.717, 1.165) is 60.2 Å². The van der Waals surface area contributed by atoms with Crippen LogP contribution in [0.15, 0.2) is 71.4 Å². The highest BCUT2D eigenvalue weighted by Gasteiger charge is 2.40. The molecule has 7 heteroatoms. The van der Waals surface area contributed by atoms with E-state index in [4.69, 9.17) is 9.84 Å². The molecule has 1 saturated carbocycles. The van der Waals surface area contributed by atoms with Crippen LogP contribution >= 0.6 is 0 Å². The van der Waals surface area contributed by atoms with E-state index in [-0.39, 0.29) is 17.5 Å². The van der Waals surface area contributed by atoms with Gasteiger partial charge in [-0.1, -0.05) is 51.3 Å². The number of carbonyl (C=O) groups excluding carboxylic acids is 2. The molecule has 2 amide bonds. The lowest BCUT2D eigenvalue weighted by Crippen LogP contribution is -2.49. The summed E-state index contributed by atoms with van der Waals surface area (Å²) >= 11 is 0. The number of nitrogens with zero attached hydrogens (tertiary/aromatic N) is 4. The minimum atomic E-state index is -0.480. The predicted octanol–water partition coefficient (Wildman–Crippen LogP) is 6.81. The molecule has 0 N–H and O–H groups in total. The fourth-order valence-corrected chi connectivity index (χ4v) is 5.57. The Morgan fingerprint density at radius 2 is 1.78 bits per heavy atom. The summed E-state index contributed by atoms with van der Waals surface area (Å²) in [6, 6.07) is 17.7. The van der Waals surface area contributed by atoms with E-state index in [1.807, 2.05) is 61.7 Å². The second-order valence-corrected chi connectivity index (χ2v) is 11.3. The average Bonchev–Trinajstić information content (AvgIpc) is 3.40. The van der Waals surface area contributed by atoms with Gasteiger partial charge in [-0.15, -0.1) is 0 Å². The molecule has 1 aliphatic heterocycles. The van der Waals surface area contributed by atoms with Crippen LogP contribution in [0.4, 0.5) is 0 Å². The Morgan fingerprint density at radius 1 is 1.05 bits per heavy atom. The highest BCUT2D eigenvalue weighted by Crippen LogP contribution is 2.35. The maximum Gasteiger partial charge on any atom is 0.271 e. The van der Waals surface area contributed by atoms with Crippen LogP contribution in [-0.2, 0) is 9.59 Å². The second kappa shape index (κ2) is 12.0. The Bertz CT molecular complexity index is 1570. The number of aromatic nitrogens is 2. The van der Waals surface area contributed by atoms with Gasteiger partial charge in [0.05, 0.1) is 18.0 Å². The molecule has 2 aliphatic rings. The number of benzene rings is 2. The third-order valence-electron chi connectivity index (χ3n) is 7.80. The van der Waals surface area contributed by atoms with E-state index in [0.29, 0.717) is 29.4 Å². The molecule has 0 bridgehead atoms. The molecule has 1 aromatic heterocycles. The highest BCUT2D eigenvalue weighted by atomic mass is 16.5. The fourth-order valence-electron chi connectivity index (χ4n) is 5.57. The first-order valence-corrected chi connectivity index (χ1v) is 14.4. The number of hydrogen-bond acceptors (Lipinski definition) is 5. The Kier molecular flexibility index (Phi) is 8.21. The number of amides is 2. The van der Waals surface area contributed by atoms with Crippen molar-refractivity contribution in [1.82, 2.24) is 14.7 Å². The predicted molar refractivity (Wildman–Crippen MR) is 159 cm³/mol. The molecule has 0 radical (unpaired) electrons. The first kappa shape index (κ1) is 28.1. The summed E-state index contributed by atoms with van der Waals surface area (Å²) in [5, 5.41) is 14.8. The molecule has 0 saturated heterocycles. The third kappa shape index (κ3) is 5.74. The first-order chi connectivity index (χ1) is 19.8. The van der Waals surface area contributed by atoms with Crippen LogP contribution in [0.5, 0.6) is 5.75 Å². The molecule has 2 heterocycles. The Morgan fingerprint density at radius 3 is 2.44 bits per heavy atom. The minimum absolute atomic E-state index is 0.0286. The molecule has 2 aromatic carbocycles. The summed E-state index contributed by atoms with van der Waals surface area (Å²) in [4.78, 5) is 28.5. The van der Waals surface area contributed by atoms with Crippen molar-refractivity contribution < 1.29 is 14.3 Å². The molecule has 210 valence electrons. The zero-order chi connectivity index (χ0) is 29.1. The molecule has 0 atom stereocenters. The summed E-state index contributed by atoms with van der Waals surface area (Å²) in [5.41, 5.74) is 4.96. The summed E-state index contributed by atoms with van der Waals surface area (Å²) in [7, 11) is 0. The van der Waals surface area contributed by atoms with Gasteiger partial charge in [-0.05, 0) is 80.2 Å². The summed E-state index contributed by atoms with van der Waals surface area (Å²) in [6.45, 7) is 8.55.